The molecule has 3 nitrogen and oxygen atoms in total. The molecule has 0 saturated carbocycles. The first-order valence-corrected chi connectivity index (χ1v) is 6.56. The van der Waals surface area contributed by atoms with Gasteiger partial charge in [0.15, 0.2) is 0 Å². The Morgan fingerprint density at radius 1 is 0.889 bits per heavy atom. The Morgan fingerprint density at radius 3 is 1.83 bits per heavy atom. The molecular weight excluding hydrogens is 224 g/mol. The SMILES string of the molecule is CC(C)(C)c1oc(C(C)(C)C)c2c1N=NC2(C)C. The van der Waals surface area contributed by atoms with Gasteiger partial charge in [-0.2, -0.15) is 10.2 Å². The van der Waals surface area contributed by atoms with Gasteiger partial charge in [-0.15, -0.1) is 0 Å². The predicted octanol–water partition coefficient (Wildman–Crippen LogP) is 5.21. The Morgan fingerprint density at radius 2 is 1.39 bits per heavy atom. The number of nitrogens with zero attached hydrogens (tertiary/aromatic N) is 2. The molecule has 1 aliphatic heterocycles. The summed E-state index contributed by atoms with van der Waals surface area (Å²) in [4.78, 5) is 0. The van der Waals surface area contributed by atoms with Gasteiger partial charge >= 0.3 is 0 Å². The Labute approximate surface area is 110 Å². The second-order valence-corrected chi connectivity index (χ2v) is 7.74. The van der Waals surface area contributed by atoms with Gasteiger partial charge in [-0.05, 0) is 13.8 Å². The van der Waals surface area contributed by atoms with E-state index in [4.69, 9.17) is 4.42 Å². The van der Waals surface area contributed by atoms with Crippen molar-refractivity contribution < 1.29 is 4.42 Å². The second-order valence-electron chi connectivity index (χ2n) is 7.74. The van der Waals surface area contributed by atoms with E-state index in [1.165, 1.54) is 5.56 Å². The lowest BCUT2D eigenvalue weighted by Crippen LogP contribution is -2.19. The van der Waals surface area contributed by atoms with Crippen LogP contribution in [0.15, 0.2) is 14.6 Å². The zero-order valence-electron chi connectivity index (χ0n) is 12.8. The van der Waals surface area contributed by atoms with Gasteiger partial charge in [-0.3, -0.25) is 0 Å². The molecule has 0 N–H and O–H groups in total. The van der Waals surface area contributed by atoms with Crippen molar-refractivity contribution in [2.45, 2.75) is 71.8 Å². The third-order valence-corrected chi connectivity index (χ3v) is 3.26. The quantitative estimate of drug-likeness (QED) is 0.621. The van der Waals surface area contributed by atoms with Crippen LogP contribution in [0.4, 0.5) is 5.69 Å². The topological polar surface area (TPSA) is 37.9 Å². The number of hydrogen-bond acceptors (Lipinski definition) is 3. The summed E-state index contributed by atoms with van der Waals surface area (Å²) in [6.45, 7) is 17.2. The van der Waals surface area contributed by atoms with Crippen molar-refractivity contribution in [2.24, 2.45) is 10.2 Å². The average molecular weight is 248 g/mol. The summed E-state index contributed by atoms with van der Waals surface area (Å²) < 4.78 is 6.20. The molecule has 3 heteroatoms. The molecule has 0 saturated heterocycles. The van der Waals surface area contributed by atoms with Crippen molar-refractivity contribution in [3.63, 3.8) is 0 Å². The number of fused-ring (bicyclic) bond motifs is 1. The Balaban J connectivity index is 2.75. The molecule has 1 aromatic heterocycles. The van der Waals surface area contributed by atoms with E-state index in [1.807, 2.05) is 0 Å². The minimum absolute atomic E-state index is 0.0275. The molecule has 0 bridgehead atoms. The third kappa shape index (κ3) is 1.90. The first-order valence-electron chi connectivity index (χ1n) is 6.56. The number of hydrogen-bond donors (Lipinski definition) is 0. The molecule has 0 aliphatic carbocycles. The molecule has 0 amide bonds. The highest BCUT2D eigenvalue weighted by molar-refractivity contribution is 5.60. The summed E-state index contributed by atoms with van der Waals surface area (Å²) in [5.41, 5.74) is 1.77. The van der Waals surface area contributed by atoms with E-state index in [0.717, 1.165) is 17.2 Å². The van der Waals surface area contributed by atoms with Crippen LogP contribution >= 0.6 is 0 Å². The summed E-state index contributed by atoms with van der Waals surface area (Å²) >= 11 is 0. The molecule has 1 aliphatic rings. The van der Waals surface area contributed by atoms with Crippen molar-refractivity contribution >= 4 is 5.69 Å². The Kier molecular flexibility index (Phi) is 2.56. The number of furan rings is 1. The van der Waals surface area contributed by atoms with Crippen molar-refractivity contribution in [1.29, 1.82) is 0 Å². The van der Waals surface area contributed by atoms with E-state index in [2.05, 4.69) is 65.6 Å². The van der Waals surface area contributed by atoms with Gasteiger partial charge in [-0.25, -0.2) is 0 Å². The monoisotopic (exact) mass is 248 g/mol. The predicted molar refractivity (Wildman–Crippen MR) is 73.7 cm³/mol. The standard InChI is InChI=1S/C15H24N2O/c1-13(2,3)11-9-10(16-17-15(9,7)8)12(18-11)14(4,5)6/h1-8H3. The van der Waals surface area contributed by atoms with Crippen LogP contribution in [0.5, 0.6) is 0 Å². The van der Waals surface area contributed by atoms with Gasteiger partial charge in [0, 0.05) is 10.8 Å². The minimum Gasteiger partial charge on any atom is -0.462 e. The summed E-state index contributed by atoms with van der Waals surface area (Å²) in [5, 5.41) is 8.79. The lowest BCUT2D eigenvalue weighted by Gasteiger charge is -2.22. The molecule has 18 heavy (non-hydrogen) atoms. The van der Waals surface area contributed by atoms with E-state index in [0.29, 0.717) is 0 Å². The van der Waals surface area contributed by atoms with Gasteiger partial charge in [-0.1, -0.05) is 41.5 Å². The van der Waals surface area contributed by atoms with Crippen LogP contribution < -0.4 is 0 Å². The second kappa shape index (κ2) is 3.46. The van der Waals surface area contributed by atoms with Crippen LogP contribution in [0.2, 0.25) is 0 Å². The fraction of sp³-hybridized carbons (Fsp3) is 0.733. The lowest BCUT2D eigenvalue weighted by atomic mass is 9.83. The van der Waals surface area contributed by atoms with E-state index < -0.39 is 0 Å². The fourth-order valence-corrected chi connectivity index (χ4v) is 2.35. The zero-order valence-corrected chi connectivity index (χ0v) is 12.8. The summed E-state index contributed by atoms with van der Waals surface area (Å²) in [6, 6.07) is 0. The van der Waals surface area contributed by atoms with Crippen LogP contribution in [0.3, 0.4) is 0 Å². The fourth-order valence-electron chi connectivity index (χ4n) is 2.35. The lowest BCUT2D eigenvalue weighted by molar-refractivity contribution is 0.333. The van der Waals surface area contributed by atoms with E-state index >= 15 is 0 Å². The van der Waals surface area contributed by atoms with Gasteiger partial charge in [0.05, 0.1) is 5.56 Å². The molecule has 0 unspecified atom stereocenters. The average Bonchev–Trinajstić information content (AvgIpc) is 2.62. The van der Waals surface area contributed by atoms with E-state index in [9.17, 15) is 0 Å². The van der Waals surface area contributed by atoms with Gasteiger partial charge < -0.3 is 4.42 Å². The molecule has 1 aromatic rings. The van der Waals surface area contributed by atoms with Crippen LogP contribution in [-0.4, -0.2) is 0 Å². The molecule has 0 fully saturated rings. The zero-order chi connectivity index (χ0) is 13.9. The molecular formula is C15H24N2O. The first kappa shape index (κ1) is 13.3. The van der Waals surface area contributed by atoms with E-state index in [-0.39, 0.29) is 16.4 Å². The van der Waals surface area contributed by atoms with Gasteiger partial charge in [0.2, 0.25) is 0 Å². The van der Waals surface area contributed by atoms with Crippen LogP contribution in [0.1, 0.15) is 72.5 Å². The Hall–Kier alpha value is -1.12. The molecule has 2 heterocycles. The van der Waals surface area contributed by atoms with Crippen molar-refractivity contribution in [3.8, 4) is 0 Å². The maximum atomic E-state index is 6.20. The molecule has 0 radical (unpaired) electrons. The summed E-state index contributed by atoms with van der Waals surface area (Å²) in [7, 11) is 0. The molecule has 0 spiro atoms. The van der Waals surface area contributed by atoms with Crippen molar-refractivity contribution in [2.75, 3.05) is 0 Å². The number of rotatable bonds is 0. The van der Waals surface area contributed by atoms with Crippen LogP contribution in [0.25, 0.3) is 0 Å². The van der Waals surface area contributed by atoms with Gasteiger partial charge in [0.1, 0.15) is 22.7 Å². The van der Waals surface area contributed by atoms with Crippen LogP contribution in [-0.2, 0) is 16.4 Å². The third-order valence-electron chi connectivity index (χ3n) is 3.26. The Bertz CT molecular complexity index is 508. The normalized spacial score (nSPS) is 18.2. The smallest absolute Gasteiger partial charge is 0.137 e. The first-order chi connectivity index (χ1) is 7.94. The molecule has 2 rings (SSSR count). The molecule has 100 valence electrons. The molecule has 0 atom stereocenters. The minimum atomic E-state index is -0.273. The van der Waals surface area contributed by atoms with Crippen molar-refractivity contribution in [3.05, 3.63) is 17.1 Å². The van der Waals surface area contributed by atoms with Crippen LogP contribution in [0, 0.1) is 0 Å². The highest BCUT2D eigenvalue weighted by atomic mass is 16.3. The van der Waals surface area contributed by atoms with E-state index in [1.54, 1.807) is 0 Å². The van der Waals surface area contributed by atoms with Gasteiger partial charge in [0.25, 0.3) is 0 Å². The maximum absolute atomic E-state index is 6.20. The highest BCUT2D eigenvalue weighted by Gasteiger charge is 2.42. The summed E-state index contributed by atoms with van der Waals surface area (Å²) in [5.74, 6) is 1.98. The largest absolute Gasteiger partial charge is 0.462 e. The molecule has 0 aromatic carbocycles. The maximum Gasteiger partial charge on any atom is 0.137 e. The number of azo groups is 1. The van der Waals surface area contributed by atoms with Crippen molar-refractivity contribution in [1.82, 2.24) is 0 Å². The summed E-state index contributed by atoms with van der Waals surface area (Å²) in [6.07, 6.45) is 0. The highest BCUT2D eigenvalue weighted by Crippen LogP contribution is 2.51.